The van der Waals surface area contributed by atoms with Crippen molar-refractivity contribution in [3.63, 3.8) is 0 Å². The molecular weight excluding hydrogens is 202 g/mol. The maximum atomic E-state index is 5.30. The lowest BCUT2D eigenvalue weighted by Gasteiger charge is -2.19. The van der Waals surface area contributed by atoms with Gasteiger partial charge in [0.25, 0.3) is 0 Å². The highest BCUT2D eigenvalue weighted by atomic mass is 16.5. The number of rotatable bonds is 3. The Kier molecular flexibility index (Phi) is 3.13. The van der Waals surface area contributed by atoms with Crippen LogP contribution in [0, 0.1) is 0 Å². The molecule has 16 heavy (non-hydrogen) atoms. The highest BCUT2D eigenvalue weighted by Crippen LogP contribution is 2.32. The minimum Gasteiger partial charge on any atom is -0.493 e. The van der Waals surface area contributed by atoms with Gasteiger partial charge in [-0.05, 0) is 36.1 Å². The van der Waals surface area contributed by atoms with E-state index in [0.29, 0.717) is 6.04 Å². The zero-order valence-electron chi connectivity index (χ0n) is 9.99. The van der Waals surface area contributed by atoms with E-state index in [2.05, 4.69) is 18.0 Å². The topological polar surface area (TPSA) is 30.8 Å². The van der Waals surface area contributed by atoms with Gasteiger partial charge in [-0.25, -0.2) is 0 Å². The molecule has 1 aliphatic heterocycles. The van der Waals surface area contributed by atoms with Crippen LogP contribution in [0.1, 0.15) is 24.5 Å². The van der Waals surface area contributed by atoms with Crippen LogP contribution in [-0.2, 0) is 6.42 Å². The van der Waals surface area contributed by atoms with E-state index in [4.69, 9.17) is 9.47 Å². The number of hydrogen-bond acceptors (Lipinski definition) is 3. The number of aliphatic imine (C=N–C) groups is 1. The van der Waals surface area contributed by atoms with E-state index < -0.39 is 0 Å². The van der Waals surface area contributed by atoms with E-state index in [0.717, 1.165) is 29.9 Å². The van der Waals surface area contributed by atoms with E-state index in [1.165, 1.54) is 5.56 Å². The first-order valence-electron chi connectivity index (χ1n) is 5.56. The van der Waals surface area contributed by atoms with E-state index in [-0.39, 0.29) is 0 Å². The van der Waals surface area contributed by atoms with Gasteiger partial charge < -0.3 is 9.47 Å². The van der Waals surface area contributed by atoms with Gasteiger partial charge in [0.05, 0.1) is 20.3 Å². The summed E-state index contributed by atoms with van der Waals surface area (Å²) in [6.07, 6.45) is 4.00. The van der Waals surface area contributed by atoms with Crippen molar-refractivity contribution < 1.29 is 9.47 Å². The van der Waals surface area contributed by atoms with Gasteiger partial charge in [0.15, 0.2) is 11.5 Å². The van der Waals surface area contributed by atoms with Gasteiger partial charge in [-0.2, -0.15) is 0 Å². The summed E-state index contributed by atoms with van der Waals surface area (Å²) in [5.41, 5.74) is 2.43. The van der Waals surface area contributed by atoms with Crippen molar-refractivity contribution in [2.24, 2.45) is 4.99 Å². The van der Waals surface area contributed by atoms with Crippen LogP contribution in [0.5, 0.6) is 11.5 Å². The molecule has 1 heterocycles. The first-order valence-corrected chi connectivity index (χ1v) is 5.56. The molecule has 0 radical (unpaired) electrons. The average molecular weight is 219 g/mol. The maximum Gasteiger partial charge on any atom is 0.161 e. The quantitative estimate of drug-likeness (QED) is 0.781. The summed E-state index contributed by atoms with van der Waals surface area (Å²) in [5.74, 6) is 1.56. The highest BCUT2D eigenvalue weighted by molar-refractivity contribution is 5.84. The lowest BCUT2D eigenvalue weighted by Crippen LogP contribution is -2.14. The molecule has 1 aromatic rings. The standard InChI is InChI=1S/C13H17NO2/c1-4-11-5-9-6-12(15-2)13(16-3)7-10(9)8-14-11/h6-8,11H,4-5H2,1-3H3/t11-/m1/s1. The van der Waals surface area contributed by atoms with Crippen LogP contribution < -0.4 is 9.47 Å². The zero-order chi connectivity index (χ0) is 11.5. The third-order valence-corrected chi connectivity index (χ3v) is 3.00. The maximum absolute atomic E-state index is 5.30. The zero-order valence-corrected chi connectivity index (χ0v) is 9.99. The Morgan fingerprint density at radius 1 is 1.25 bits per heavy atom. The molecule has 0 amide bonds. The van der Waals surface area contributed by atoms with Crippen molar-refractivity contribution in [1.29, 1.82) is 0 Å². The van der Waals surface area contributed by atoms with E-state index in [1.807, 2.05) is 12.3 Å². The van der Waals surface area contributed by atoms with Crippen molar-refractivity contribution >= 4 is 6.21 Å². The molecule has 1 aliphatic rings. The second-order valence-corrected chi connectivity index (χ2v) is 3.95. The van der Waals surface area contributed by atoms with E-state index in [9.17, 15) is 0 Å². The van der Waals surface area contributed by atoms with Crippen LogP contribution in [0.25, 0.3) is 0 Å². The van der Waals surface area contributed by atoms with Crippen LogP contribution in [0.15, 0.2) is 17.1 Å². The van der Waals surface area contributed by atoms with Gasteiger partial charge >= 0.3 is 0 Å². The predicted octanol–water partition coefficient (Wildman–Crippen LogP) is 2.46. The van der Waals surface area contributed by atoms with Crippen molar-refractivity contribution in [3.8, 4) is 11.5 Å². The molecular formula is C13H17NO2. The molecule has 0 aromatic heterocycles. The third kappa shape index (κ3) is 1.90. The smallest absolute Gasteiger partial charge is 0.161 e. The monoisotopic (exact) mass is 219 g/mol. The Balaban J connectivity index is 2.40. The van der Waals surface area contributed by atoms with Crippen LogP contribution in [0.3, 0.4) is 0 Å². The predicted molar refractivity (Wildman–Crippen MR) is 64.9 cm³/mol. The largest absolute Gasteiger partial charge is 0.493 e. The van der Waals surface area contributed by atoms with Gasteiger partial charge in [-0.1, -0.05) is 6.92 Å². The average Bonchev–Trinajstić information content (AvgIpc) is 2.36. The molecule has 0 fully saturated rings. The Hall–Kier alpha value is -1.51. The fraction of sp³-hybridized carbons (Fsp3) is 0.462. The van der Waals surface area contributed by atoms with E-state index >= 15 is 0 Å². The summed E-state index contributed by atoms with van der Waals surface area (Å²) in [7, 11) is 3.32. The SMILES string of the molecule is CC[C@@H]1Cc2cc(OC)c(OC)cc2C=N1. The fourth-order valence-electron chi connectivity index (χ4n) is 1.98. The molecule has 86 valence electrons. The first kappa shape index (κ1) is 11.0. The first-order chi connectivity index (χ1) is 7.78. The fourth-order valence-corrected chi connectivity index (χ4v) is 1.98. The summed E-state index contributed by atoms with van der Waals surface area (Å²) in [6.45, 7) is 2.16. The number of methoxy groups -OCH3 is 2. The molecule has 1 atom stereocenters. The normalized spacial score (nSPS) is 18.1. The molecule has 2 rings (SSSR count). The third-order valence-electron chi connectivity index (χ3n) is 3.00. The minimum absolute atomic E-state index is 0.408. The molecule has 0 saturated carbocycles. The van der Waals surface area contributed by atoms with Gasteiger partial charge in [0.1, 0.15) is 0 Å². The minimum atomic E-state index is 0.408. The van der Waals surface area contributed by atoms with Crippen molar-refractivity contribution in [3.05, 3.63) is 23.3 Å². The molecule has 1 aromatic carbocycles. The Labute approximate surface area is 96.1 Å². The summed E-state index contributed by atoms with van der Waals surface area (Å²) in [4.78, 5) is 4.50. The summed E-state index contributed by atoms with van der Waals surface area (Å²) in [5, 5.41) is 0. The number of hydrogen-bond donors (Lipinski definition) is 0. The van der Waals surface area contributed by atoms with Crippen LogP contribution in [-0.4, -0.2) is 26.5 Å². The summed E-state index contributed by atoms with van der Waals surface area (Å²) >= 11 is 0. The van der Waals surface area contributed by atoms with E-state index in [1.54, 1.807) is 14.2 Å². The number of benzene rings is 1. The van der Waals surface area contributed by atoms with Gasteiger partial charge in [0, 0.05) is 6.21 Å². The molecule has 0 bridgehead atoms. The highest BCUT2D eigenvalue weighted by Gasteiger charge is 2.16. The lowest BCUT2D eigenvalue weighted by molar-refractivity contribution is 0.354. The van der Waals surface area contributed by atoms with Crippen molar-refractivity contribution in [2.75, 3.05) is 14.2 Å². The molecule has 0 saturated heterocycles. The Morgan fingerprint density at radius 2 is 1.94 bits per heavy atom. The molecule has 0 unspecified atom stereocenters. The molecule has 0 N–H and O–H groups in total. The molecule has 0 spiro atoms. The van der Waals surface area contributed by atoms with Gasteiger partial charge in [0.2, 0.25) is 0 Å². The second kappa shape index (κ2) is 4.56. The van der Waals surface area contributed by atoms with Crippen LogP contribution in [0.2, 0.25) is 0 Å². The number of fused-ring (bicyclic) bond motifs is 1. The number of ether oxygens (including phenoxy) is 2. The number of nitrogens with zero attached hydrogens (tertiary/aromatic N) is 1. The Morgan fingerprint density at radius 3 is 2.56 bits per heavy atom. The summed E-state index contributed by atoms with van der Waals surface area (Å²) in [6, 6.07) is 4.46. The summed E-state index contributed by atoms with van der Waals surface area (Å²) < 4.78 is 10.6. The van der Waals surface area contributed by atoms with Crippen molar-refractivity contribution in [2.45, 2.75) is 25.8 Å². The molecule has 0 aliphatic carbocycles. The molecule has 3 nitrogen and oxygen atoms in total. The lowest BCUT2D eigenvalue weighted by atomic mass is 9.96. The van der Waals surface area contributed by atoms with Gasteiger partial charge in [-0.15, -0.1) is 0 Å². The molecule has 3 heteroatoms. The second-order valence-electron chi connectivity index (χ2n) is 3.95. The Bertz CT molecular complexity index is 413. The van der Waals surface area contributed by atoms with Gasteiger partial charge in [-0.3, -0.25) is 4.99 Å². The van der Waals surface area contributed by atoms with Crippen molar-refractivity contribution in [1.82, 2.24) is 0 Å². The van der Waals surface area contributed by atoms with Crippen LogP contribution in [0.4, 0.5) is 0 Å². The van der Waals surface area contributed by atoms with Crippen LogP contribution >= 0.6 is 0 Å².